The molecule has 152 valence electrons. The Balaban J connectivity index is 1.62. The monoisotopic (exact) mass is 406 g/mol. The molecule has 1 aliphatic carbocycles. The van der Waals surface area contributed by atoms with Gasteiger partial charge in [-0.15, -0.1) is 0 Å². The lowest BCUT2D eigenvalue weighted by atomic mass is 9.86. The maximum atomic E-state index is 12.6. The molecule has 1 saturated carbocycles. The topological polar surface area (TPSA) is 105 Å². The van der Waals surface area contributed by atoms with Crippen molar-refractivity contribution in [3.8, 4) is 0 Å². The fourth-order valence-electron chi connectivity index (χ4n) is 3.49. The number of fused-ring (bicyclic) bond motifs is 1. The number of anilines is 1. The third-order valence-corrected chi connectivity index (χ3v) is 7.17. The highest BCUT2D eigenvalue weighted by Gasteiger charge is 2.29. The quantitative estimate of drug-likeness (QED) is 0.743. The molecule has 1 heterocycles. The van der Waals surface area contributed by atoms with E-state index in [0.717, 1.165) is 10.9 Å². The summed E-state index contributed by atoms with van der Waals surface area (Å²) in [5.74, 6) is -0.264. The minimum atomic E-state index is -3.30. The molecule has 0 unspecified atom stereocenters. The fourth-order valence-corrected chi connectivity index (χ4v) is 4.46. The van der Waals surface area contributed by atoms with E-state index < -0.39 is 20.9 Å². The van der Waals surface area contributed by atoms with E-state index in [2.05, 4.69) is 10.0 Å². The fraction of sp³-hybridized carbons (Fsp3) is 0.500. The van der Waals surface area contributed by atoms with Crippen LogP contribution in [0.3, 0.4) is 0 Å². The minimum absolute atomic E-state index is 0.0977. The van der Waals surface area contributed by atoms with E-state index >= 15 is 0 Å². The van der Waals surface area contributed by atoms with Crippen molar-refractivity contribution in [2.45, 2.75) is 57.7 Å². The zero-order valence-electron chi connectivity index (χ0n) is 16.3. The van der Waals surface area contributed by atoms with Crippen molar-refractivity contribution in [3.63, 3.8) is 0 Å². The van der Waals surface area contributed by atoms with Gasteiger partial charge in [-0.1, -0.05) is 0 Å². The molecule has 0 radical (unpaired) electrons. The number of aryl methyl sites for hydroxylation is 1. The van der Waals surface area contributed by atoms with Gasteiger partial charge in [-0.25, -0.2) is 17.9 Å². The Hall–Kier alpha value is -2.19. The highest BCUT2D eigenvalue weighted by molar-refractivity contribution is 7.90. The molecule has 1 amide bonds. The van der Waals surface area contributed by atoms with Crippen LogP contribution in [0.5, 0.6) is 0 Å². The first kappa shape index (κ1) is 20.5. The average molecular weight is 407 g/mol. The van der Waals surface area contributed by atoms with E-state index in [4.69, 9.17) is 4.42 Å². The maximum absolute atomic E-state index is 12.6. The molecule has 0 spiro atoms. The van der Waals surface area contributed by atoms with Crippen molar-refractivity contribution in [1.82, 2.24) is 4.72 Å². The number of hydrogen-bond donors (Lipinski definition) is 2. The van der Waals surface area contributed by atoms with Gasteiger partial charge in [-0.05, 0) is 64.2 Å². The van der Waals surface area contributed by atoms with Crippen LogP contribution in [-0.4, -0.2) is 25.6 Å². The molecule has 1 fully saturated rings. The number of hydrogen-bond acceptors (Lipinski definition) is 5. The number of amides is 1. The van der Waals surface area contributed by atoms with Gasteiger partial charge in [0.05, 0.1) is 5.25 Å². The van der Waals surface area contributed by atoms with Crippen LogP contribution in [0.1, 0.15) is 45.1 Å². The standard InChI is InChI=1S/C20H26N2O5S/c1-12(2)28(25,26)22-15-6-4-14(5-7-15)20(24)21-16-8-9-17-13(3)10-19(23)27-18(17)11-16/h8-12,14-15,22H,4-7H2,1-3H3,(H,21,24)/t14-,15-. The molecule has 8 heteroatoms. The highest BCUT2D eigenvalue weighted by Crippen LogP contribution is 2.27. The van der Waals surface area contributed by atoms with Crippen LogP contribution in [0.4, 0.5) is 5.69 Å². The Morgan fingerprint density at radius 1 is 1.14 bits per heavy atom. The lowest BCUT2D eigenvalue weighted by Gasteiger charge is -2.28. The van der Waals surface area contributed by atoms with E-state index in [0.29, 0.717) is 37.0 Å². The van der Waals surface area contributed by atoms with Crippen molar-refractivity contribution in [2.24, 2.45) is 5.92 Å². The molecule has 2 aromatic rings. The van der Waals surface area contributed by atoms with Crippen molar-refractivity contribution in [1.29, 1.82) is 0 Å². The molecule has 0 aliphatic heterocycles. The van der Waals surface area contributed by atoms with Crippen molar-refractivity contribution < 1.29 is 17.6 Å². The molecular weight excluding hydrogens is 380 g/mol. The molecule has 0 atom stereocenters. The average Bonchev–Trinajstić information content (AvgIpc) is 2.61. The summed E-state index contributed by atoms with van der Waals surface area (Å²) in [5.41, 5.74) is 1.42. The van der Waals surface area contributed by atoms with Crippen molar-refractivity contribution in [2.75, 3.05) is 5.32 Å². The first-order chi connectivity index (χ1) is 13.2. The van der Waals surface area contributed by atoms with Gasteiger partial charge in [0.15, 0.2) is 0 Å². The van der Waals surface area contributed by atoms with E-state index in [1.54, 1.807) is 26.0 Å². The van der Waals surface area contributed by atoms with Gasteiger partial charge in [-0.3, -0.25) is 4.79 Å². The molecule has 3 rings (SSSR count). The van der Waals surface area contributed by atoms with Crippen LogP contribution in [0.25, 0.3) is 11.0 Å². The zero-order valence-corrected chi connectivity index (χ0v) is 17.1. The summed E-state index contributed by atoms with van der Waals surface area (Å²) in [5, 5.41) is 3.25. The normalized spacial score (nSPS) is 20.4. The Labute approximate surface area is 164 Å². The van der Waals surface area contributed by atoms with Crippen LogP contribution in [0, 0.1) is 12.8 Å². The molecule has 1 aromatic carbocycles. The van der Waals surface area contributed by atoms with Gasteiger partial charge in [0.1, 0.15) is 5.58 Å². The van der Waals surface area contributed by atoms with Crippen LogP contribution in [0.15, 0.2) is 33.5 Å². The van der Waals surface area contributed by atoms with E-state index in [-0.39, 0.29) is 17.9 Å². The SMILES string of the molecule is Cc1cc(=O)oc2cc(NC(=O)[C@H]3CC[C@H](NS(=O)(=O)C(C)C)CC3)ccc12. The number of carbonyl (C=O) groups is 1. The minimum Gasteiger partial charge on any atom is -0.423 e. The van der Waals surface area contributed by atoms with Gasteiger partial charge in [0.25, 0.3) is 0 Å². The lowest BCUT2D eigenvalue weighted by molar-refractivity contribution is -0.120. The third-order valence-electron chi connectivity index (χ3n) is 5.27. The summed E-state index contributed by atoms with van der Waals surface area (Å²) in [6, 6.07) is 6.59. The molecule has 2 N–H and O–H groups in total. The van der Waals surface area contributed by atoms with E-state index in [1.807, 2.05) is 13.0 Å². The summed E-state index contributed by atoms with van der Waals surface area (Å²) in [7, 11) is -3.30. The predicted octanol–water partition coefficient (Wildman–Crippen LogP) is 2.93. The Bertz CT molecular complexity index is 1030. The van der Waals surface area contributed by atoms with Gasteiger partial charge in [0.2, 0.25) is 15.9 Å². The van der Waals surface area contributed by atoms with E-state index in [1.165, 1.54) is 6.07 Å². The van der Waals surface area contributed by atoms with Gasteiger partial charge in [0, 0.05) is 35.2 Å². The first-order valence-electron chi connectivity index (χ1n) is 9.52. The number of carbonyl (C=O) groups excluding carboxylic acids is 1. The Morgan fingerprint density at radius 3 is 2.46 bits per heavy atom. The van der Waals surface area contributed by atoms with Crippen LogP contribution in [0.2, 0.25) is 0 Å². The largest absolute Gasteiger partial charge is 0.423 e. The summed E-state index contributed by atoms with van der Waals surface area (Å²) in [4.78, 5) is 24.1. The summed E-state index contributed by atoms with van der Waals surface area (Å²) < 4.78 is 31.9. The highest BCUT2D eigenvalue weighted by atomic mass is 32.2. The zero-order chi connectivity index (χ0) is 20.5. The van der Waals surface area contributed by atoms with Gasteiger partial charge in [-0.2, -0.15) is 0 Å². The molecule has 1 aromatic heterocycles. The number of rotatable bonds is 5. The second-order valence-electron chi connectivity index (χ2n) is 7.71. The van der Waals surface area contributed by atoms with Crippen molar-refractivity contribution in [3.05, 3.63) is 40.2 Å². The maximum Gasteiger partial charge on any atom is 0.336 e. The third kappa shape index (κ3) is 4.62. The second-order valence-corrected chi connectivity index (χ2v) is 9.98. The summed E-state index contributed by atoms with van der Waals surface area (Å²) >= 11 is 0. The number of sulfonamides is 1. The molecule has 0 bridgehead atoms. The summed E-state index contributed by atoms with van der Waals surface area (Å²) in [6.45, 7) is 5.13. The first-order valence-corrected chi connectivity index (χ1v) is 11.1. The van der Waals surface area contributed by atoms with Crippen LogP contribution < -0.4 is 15.7 Å². The van der Waals surface area contributed by atoms with Crippen LogP contribution in [-0.2, 0) is 14.8 Å². The number of nitrogens with one attached hydrogen (secondary N) is 2. The summed E-state index contributed by atoms with van der Waals surface area (Å²) in [6.07, 6.45) is 2.52. The van der Waals surface area contributed by atoms with Gasteiger partial charge < -0.3 is 9.73 Å². The molecular formula is C20H26N2O5S. The van der Waals surface area contributed by atoms with Crippen molar-refractivity contribution >= 4 is 32.6 Å². The number of benzene rings is 1. The lowest BCUT2D eigenvalue weighted by Crippen LogP contribution is -2.42. The second kappa shape index (κ2) is 8.05. The van der Waals surface area contributed by atoms with Gasteiger partial charge >= 0.3 is 5.63 Å². The molecule has 28 heavy (non-hydrogen) atoms. The predicted molar refractivity (Wildman–Crippen MR) is 109 cm³/mol. The molecule has 7 nitrogen and oxygen atoms in total. The smallest absolute Gasteiger partial charge is 0.336 e. The Morgan fingerprint density at radius 2 is 1.82 bits per heavy atom. The van der Waals surface area contributed by atoms with E-state index in [9.17, 15) is 18.0 Å². The molecule has 1 aliphatic rings. The van der Waals surface area contributed by atoms with Crippen LogP contribution >= 0.6 is 0 Å². The molecule has 0 saturated heterocycles. The Kier molecular flexibility index (Phi) is 5.90.